The molecular formula is C8H20N2O2. The van der Waals surface area contributed by atoms with Gasteiger partial charge in [-0.1, -0.05) is 0 Å². The summed E-state index contributed by atoms with van der Waals surface area (Å²) in [6.45, 7) is 2.24. The Morgan fingerprint density at radius 1 is 1.42 bits per heavy atom. The molecule has 0 bridgehead atoms. The second-order valence-electron chi connectivity index (χ2n) is 3.20. The quantitative estimate of drug-likeness (QED) is 0.430. The van der Waals surface area contributed by atoms with Crippen molar-refractivity contribution >= 4 is 0 Å². The van der Waals surface area contributed by atoms with Crippen molar-refractivity contribution in [1.29, 1.82) is 0 Å². The van der Waals surface area contributed by atoms with Crippen molar-refractivity contribution in [2.75, 3.05) is 40.3 Å². The fourth-order valence-corrected chi connectivity index (χ4v) is 0.854. The van der Waals surface area contributed by atoms with Gasteiger partial charge in [0.25, 0.3) is 0 Å². The summed E-state index contributed by atoms with van der Waals surface area (Å²) in [6.07, 6.45) is 0.440. The molecule has 0 radical (unpaired) electrons. The Morgan fingerprint density at radius 3 is 2.58 bits per heavy atom. The Kier molecular flexibility index (Phi) is 7.39. The highest BCUT2D eigenvalue weighted by Crippen LogP contribution is 1.82. The molecule has 74 valence electrons. The summed E-state index contributed by atoms with van der Waals surface area (Å²) in [6, 6.07) is 0. The Hall–Kier alpha value is -0.160. The van der Waals surface area contributed by atoms with Crippen LogP contribution in [0, 0.1) is 0 Å². The van der Waals surface area contributed by atoms with E-state index in [-0.39, 0.29) is 6.61 Å². The monoisotopic (exact) mass is 176 g/mol. The second kappa shape index (κ2) is 7.49. The van der Waals surface area contributed by atoms with E-state index in [1.165, 1.54) is 0 Å². The van der Waals surface area contributed by atoms with Crippen LogP contribution in [0.15, 0.2) is 0 Å². The molecule has 0 aromatic heterocycles. The van der Waals surface area contributed by atoms with Crippen molar-refractivity contribution in [3.63, 3.8) is 0 Å². The molecule has 3 N–H and O–H groups in total. The second-order valence-corrected chi connectivity index (χ2v) is 3.20. The lowest BCUT2D eigenvalue weighted by Gasteiger charge is -2.11. The molecule has 12 heavy (non-hydrogen) atoms. The van der Waals surface area contributed by atoms with Gasteiger partial charge in [0.2, 0.25) is 0 Å². The molecule has 0 amide bonds. The lowest BCUT2D eigenvalue weighted by molar-refractivity contribution is 0.0944. The fraction of sp³-hybridized carbons (Fsp3) is 1.00. The number of aliphatic hydroxyl groups is 2. The molecule has 0 heterocycles. The van der Waals surface area contributed by atoms with E-state index in [0.29, 0.717) is 6.54 Å². The zero-order valence-electron chi connectivity index (χ0n) is 7.95. The lowest BCUT2D eigenvalue weighted by Crippen LogP contribution is -2.31. The zero-order chi connectivity index (χ0) is 9.40. The van der Waals surface area contributed by atoms with Gasteiger partial charge < -0.3 is 20.4 Å². The van der Waals surface area contributed by atoms with Crippen LogP contribution in [0.4, 0.5) is 0 Å². The number of aliphatic hydroxyl groups excluding tert-OH is 2. The number of nitrogens with one attached hydrogen (secondary N) is 1. The molecule has 0 aliphatic carbocycles. The third-order valence-corrected chi connectivity index (χ3v) is 1.55. The highest BCUT2D eigenvalue weighted by molar-refractivity contribution is 4.57. The van der Waals surface area contributed by atoms with Crippen LogP contribution in [0.25, 0.3) is 0 Å². The minimum Gasteiger partial charge on any atom is -0.394 e. The van der Waals surface area contributed by atoms with Crippen molar-refractivity contribution in [3.8, 4) is 0 Å². The molecule has 0 aromatic rings. The van der Waals surface area contributed by atoms with Crippen LogP contribution in [-0.2, 0) is 0 Å². The smallest absolute Gasteiger partial charge is 0.0894 e. The third-order valence-electron chi connectivity index (χ3n) is 1.55. The Bertz CT molecular complexity index is 99.1. The highest BCUT2D eigenvalue weighted by Gasteiger charge is 1.99. The SMILES string of the molecule is CN(C)CCCNC[C@H](O)CO. The van der Waals surface area contributed by atoms with E-state index in [4.69, 9.17) is 10.2 Å². The molecule has 0 spiro atoms. The van der Waals surface area contributed by atoms with Gasteiger partial charge in [0, 0.05) is 6.54 Å². The summed E-state index contributed by atoms with van der Waals surface area (Å²) in [5.74, 6) is 0. The van der Waals surface area contributed by atoms with E-state index in [9.17, 15) is 0 Å². The van der Waals surface area contributed by atoms with E-state index in [2.05, 4.69) is 10.2 Å². The largest absolute Gasteiger partial charge is 0.394 e. The summed E-state index contributed by atoms with van der Waals surface area (Å²) in [7, 11) is 4.06. The maximum atomic E-state index is 8.94. The van der Waals surface area contributed by atoms with Gasteiger partial charge in [-0.05, 0) is 33.6 Å². The maximum Gasteiger partial charge on any atom is 0.0894 e. The molecule has 0 saturated heterocycles. The standard InChI is InChI=1S/C8H20N2O2/c1-10(2)5-3-4-9-6-8(12)7-11/h8-9,11-12H,3-7H2,1-2H3/t8-/m0/s1. The number of nitrogens with zero attached hydrogens (tertiary/aromatic N) is 1. The van der Waals surface area contributed by atoms with Crippen LogP contribution < -0.4 is 5.32 Å². The van der Waals surface area contributed by atoms with Crippen LogP contribution in [0.2, 0.25) is 0 Å². The van der Waals surface area contributed by atoms with Gasteiger partial charge in [0.15, 0.2) is 0 Å². The highest BCUT2D eigenvalue weighted by atomic mass is 16.3. The molecule has 0 saturated carbocycles. The molecule has 0 aliphatic heterocycles. The van der Waals surface area contributed by atoms with Gasteiger partial charge in [-0.15, -0.1) is 0 Å². The summed E-state index contributed by atoms with van der Waals surface area (Å²) in [5.41, 5.74) is 0. The summed E-state index contributed by atoms with van der Waals surface area (Å²) in [5, 5.41) is 20.5. The van der Waals surface area contributed by atoms with Gasteiger partial charge in [-0.2, -0.15) is 0 Å². The molecule has 4 heteroatoms. The van der Waals surface area contributed by atoms with Crippen LogP contribution in [0.1, 0.15) is 6.42 Å². The van der Waals surface area contributed by atoms with E-state index in [0.717, 1.165) is 19.5 Å². The van der Waals surface area contributed by atoms with Gasteiger partial charge in [-0.3, -0.25) is 0 Å². The third kappa shape index (κ3) is 7.94. The van der Waals surface area contributed by atoms with E-state index in [1.54, 1.807) is 0 Å². The first-order chi connectivity index (χ1) is 5.66. The minimum absolute atomic E-state index is 0.166. The molecule has 0 aliphatic rings. The Morgan fingerprint density at radius 2 is 2.08 bits per heavy atom. The van der Waals surface area contributed by atoms with E-state index < -0.39 is 6.10 Å². The first-order valence-corrected chi connectivity index (χ1v) is 4.31. The number of hydrogen-bond acceptors (Lipinski definition) is 4. The maximum absolute atomic E-state index is 8.94. The number of rotatable bonds is 7. The van der Waals surface area contributed by atoms with Crippen LogP contribution in [-0.4, -0.2) is 61.6 Å². The van der Waals surface area contributed by atoms with Crippen molar-refractivity contribution in [2.45, 2.75) is 12.5 Å². The van der Waals surface area contributed by atoms with Crippen molar-refractivity contribution < 1.29 is 10.2 Å². The first-order valence-electron chi connectivity index (χ1n) is 4.31. The topological polar surface area (TPSA) is 55.7 Å². The van der Waals surface area contributed by atoms with Crippen LogP contribution in [0.5, 0.6) is 0 Å². The normalized spacial score (nSPS) is 13.8. The van der Waals surface area contributed by atoms with Gasteiger partial charge in [0.05, 0.1) is 12.7 Å². The van der Waals surface area contributed by atoms with Crippen molar-refractivity contribution in [2.24, 2.45) is 0 Å². The van der Waals surface area contributed by atoms with Crippen LogP contribution in [0.3, 0.4) is 0 Å². The minimum atomic E-state index is -0.621. The summed E-state index contributed by atoms with van der Waals surface area (Å²) >= 11 is 0. The molecule has 1 atom stereocenters. The van der Waals surface area contributed by atoms with Gasteiger partial charge in [-0.25, -0.2) is 0 Å². The zero-order valence-corrected chi connectivity index (χ0v) is 7.95. The fourth-order valence-electron chi connectivity index (χ4n) is 0.854. The van der Waals surface area contributed by atoms with Crippen molar-refractivity contribution in [1.82, 2.24) is 10.2 Å². The van der Waals surface area contributed by atoms with Gasteiger partial charge in [0.1, 0.15) is 0 Å². The predicted octanol–water partition coefficient (Wildman–Crippen LogP) is -1.12. The first kappa shape index (κ1) is 11.8. The van der Waals surface area contributed by atoms with E-state index >= 15 is 0 Å². The molecule has 4 nitrogen and oxygen atoms in total. The summed E-state index contributed by atoms with van der Waals surface area (Å²) in [4.78, 5) is 2.12. The van der Waals surface area contributed by atoms with Crippen LogP contribution >= 0.6 is 0 Å². The van der Waals surface area contributed by atoms with Gasteiger partial charge >= 0.3 is 0 Å². The molecule has 0 unspecified atom stereocenters. The molecule has 0 aromatic carbocycles. The molecule has 0 rings (SSSR count). The Labute approximate surface area is 74.2 Å². The Balaban J connectivity index is 3.00. The molecule has 0 fully saturated rings. The average molecular weight is 176 g/mol. The predicted molar refractivity (Wildman–Crippen MR) is 49.1 cm³/mol. The lowest BCUT2D eigenvalue weighted by atomic mass is 10.3. The van der Waals surface area contributed by atoms with E-state index in [1.807, 2.05) is 14.1 Å². The molecular weight excluding hydrogens is 156 g/mol. The average Bonchev–Trinajstić information content (AvgIpc) is 2.03. The van der Waals surface area contributed by atoms with Crippen molar-refractivity contribution in [3.05, 3.63) is 0 Å². The number of hydrogen-bond donors (Lipinski definition) is 3. The summed E-state index contributed by atoms with van der Waals surface area (Å²) < 4.78 is 0.